The number of nitrogen functional groups attached to an aromatic ring is 1. The van der Waals surface area contributed by atoms with Crippen molar-refractivity contribution in [2.75, 3.05) is 5.73 Å². The molecule has 0 unspecified atom stereocenters. The van der Waals surface area contributed by atoms with E-state index in [4.69, 9.17) is 22.3 Å². The maximum absolute atomic E-state index is 6.19. The molecular weight excluding hydrogens is 282 g/mol. The van der Waals surface area contributed by atoms with E-state index in [0.717, 1.165) is 38.8 Å². The fourth-order valence-corrected chi connectivity index (χ4v) is 2.75. The van der Waals surface area contributed by atoms with E-state index < -0.39 is 0 Å². The quantitative estimate of drug-likeness (QED) is 0.697. The number of aromatic nitrogens is 2. The lowest BCUT2D eigenvalue weighted by molar-refractivity contribution is 0.758. The van der Waals surface area contributed by atoms with Crippen LogP contribution in [0.5, 0.6) is 0 Å². The van der Waals surface area contributed by atoms with Gasteiger partial charge >= 0.3 is 0 Å². The van der Waals surface area contributed by atoms with Gasteiger partial charge in [-0.15, -0.1) is 0 Å². The number of anilines is 1. The van der Waals surface area contributed by atoms with Crippen LogP contribution in [0, 0.1) is 6.92 Å². The normalized spacial score (nSPS) is 11.5. The van der Waals surface area contributed by atoms with Crippen LogP contribution in [-0.2, 0) is 0 Å². The largest absolute Gasteiger partial charge is 0.399 e. The molecule has 2 N–H and O–H groups in total. The van der Waals surface area contributed by atoms with Gasteiger partial charge in [-0.05, 0) is 42.8 Å². The molecule has 1 heterocycles. The zero-order valence-electron chi connectivity index (χ0n) is 12.4. The van der Waals surface area contributed by atoms with Gasteiger partial charge in [0, 0.05) is 16.6 Å². The monoisotopic (exact) mass is 299 g/mol. The summed E-state index contributed by atoms with van der Waals surface area (Å²) in [5, 5.41) is 0.725. The smallest absolute Gasteiger partial charge is 0.117 e. The van der Waals surface area contributed by atoms with Crippen LogP contribution in [0.1, 0.15) is 31.2 Å². The Morgan fingerprint density at radius 1 is 1.14 bits per heavy atom. The minimum atomic E-state index is 0.303. The van der Waals surface area contributed by atoms with Crippen molar-refractivity contribution in [3.63, 3.8) is 0 Å². The van der Waals surface area contributed by atoms with E-state index in [1.807, 2.05) is 36.4 Å². The van der Waals surface area contributed by atoms with Crippen LogP contribution >= 0.6 is 11.6 Å². The Morgan fingerprint density at radius 3 is 2.62 bits per heavy atom. The minimum Gasteiger partial charge on any atom is -0.399 e. The third-order valence-corrected chi connectivity index (χ3v) is 3.87. The van der Waals surface area contributed by atoms with E-state index in [1.165, 1.54) is 0 Å². The van der Waals surface area contributed by atoms with Crippen molar-refractivity contribution in [3.05, 3.63) is 52.8 Å². The van der Waals surface area contributed by atoms with Gasteiger partial charge in [0.15, 0.2) is 0 Å². The third-order valence-electron chi connectivity index (χ3n) is 3.63. The summed E-state index contributed by atoms with van der Waals surface area (Å²) in [6.45, 7) is 6.36. The second kappa shape index (κ2) is 5.08. The number of nitrogens with two attached hydrogens (primary N) is 1. The first kappa shape index (κ1) is 14.0. The Kier molecular flexibility index (Phi) is 3.38. The van der Waals surface area contributed by atoms with E-state index in [9.17, 15) is 0 Å². The molecule has 0 spiro atoms. The highest BCUT2D eigenvalue weighted by atomic mass is 35.5. The molecule has 3 nitrogen and oxygen atoms in total. The molecule has 0 aliphatic rings. The summed E-state index contributed by atoms with van der Waals surface area (Å²) >= 11 is 6.19. The number of fused-ring (bicyclic) bond motifs is 1. The molecule has 21 heavy (non-hydrogen) atoms. The SMILES string of the molecule is Cc1ccc(Cl)cc1-n1c(C(C)C)nc2cc(N)ccc21. The Hall–Kier alpha value is -2.00. The molecular formula is C17H18ClN3. The van der Waals surface area contributed by atoms with Crippen molar-refractivity contribution in [2.45, 2.75) is 26.7 Å². The predicted molar refractivity (Wildman–Crippen MR) is 89.3 cm³/mol. The minimum absolute atomic E-state index is 0.303. The van der Waals surface area contributed by atoms with Crippen LogP contribution in [0.25, 0.3) is 16.7 Å². The van der Waals surface area contributed by atoms with Crippen molar-refractivity contribution in [3.8, 4) is 5.69 Å². The maximum Gasteiger partial charge on any atom is 0.117 e. The van der Waals surface area contributed by atoms with Gasteiger partial charge in [0.1, 0.15) is 5.82 Å². The van der Waals surface area contributed by atoms with E-state index in [2.05, 4.69) is 25.3 Å². The number of imidazole rings is 1. The van der Waals surface area contributed by atoms with Crippen molar-refractivity contribution < 1.29 is 0 Å². The van der Waals surface area contributed by atoms with Gasteiger partial charge in [0.2, 0.25) is 0 Å². The van der Waals surface area contributed by atoms with Crippen LogP contribution < -0.4 is 5.73 Å². The van der Waals surface area contributed by atoms with Crippen LogP contribution in [0.2, 0.25) is 5.02 Å². The van der Waals surface area contributed by atoms with E-state index in [1.54, 1.807) is 0 Å². The molecule has 0 saturated heterocycles. The molecule has 3 rings (SSSR count). The van der Waals surface area contributed by atoms with E-state index in [0.29, 0.717) is 5.92 Å². The predicted octanol–water partition coefficient (Wildman–Crippen LogP) is 4.69. The molecule has 4 heteroatoms. The van der Waals surface area contributed by atoms with Crippen molar-refractivity contribution >= 4 is 28.3 Å². The summed E-state index contributed by atoms with van der Waals surface area (Å²) in [5.74, 6) is 1.32. The molecule has 0 radical (unpaired) electrons. The van der Waals surface area contributed by atoms with Crippen LogP contribution in [0.3, 0.4) is 0 Å². The lowest BCUT2D eigenvalue weighted by Gasteiger charge is -2.14. The number of aryl methyl sites for hydroxylation is 1. The third kappa shape index (κ3) is 2.38. The van der Waals surface area contributed by atoms with Gasteiger partial charge in [-0.3, -0.25) is 4.57 Å². The van der Waals surface area contributed by atoms with Crippen LogP contribution in [-0.4, -0.2) is 9.55 Å². The highest BCUT2D eigenvalue weighted by Gasteiger charge is 2.16. The Labute approximate surface area is 129 Å². The average Bonchev–Trinajstić information content (AvgIpc) is 2.80. The Bertz CT molecular complexity index is 818. The topological polar surface area (TPSA) is 43.8 Å². The standard InChI is InChI=1S/C17H18ClN3/c1-10(2)17-20-14-9-13(19)6-7-15(14)21(17)16-8-12(18)5-4-11(16)3/h4-10H,19H2,1-3H3. The summed E-state index contributed by atoms with van der Waals surface area (Å²) in [4.78, 5) is 4.76. The lowest BCUT2D eigenvalue weighted by Crippen LogP contribution is -2.04. The molecule has 3 aromatic rings. The van der Waals surface area contributed by atoms with Crippen molar-refractivity contribution in [1.29, 1.82) is 0 Å². The first-order chi connectivity index (χ1) is 9.97. The zero-order chi connectivity index (χ0) is 15.1. The molecule has 0 amide bonds. The molecule has 1 aromatic heterocycles. The first-order valence-corrected chi connectivity index (χ1v) is 7.39. The van der Waals surface area contributed by atoms with Gasteiger partial charge < -0.3 is 5.73 Å². The highest BCUT2D eigenvalue weighted by molar-refractivity contribution is 6.30. The summed E-state index contributed by atoms with van der Waals surface area (Å²) in [5.41, 5.74) is 10.8. The van der Waals surface area contributed by atoms with E-state index in [-0.39, 0.29) is 0 Å². The lowest BCUT2D eigenvalue weighted by atomic mass is 10.1. The molecule has 0 aliphatic carbocycles. The molecule has 0 aliphatic heterocycles. The summed E-state index contributed by atoms with van der Waals surface area (Å²) in [6, 6.07) is 11.8. The number of hydrogen-bond acceptors (Lipinski definition) is 2. The Morgan fingerprint density at radius 2 is 1.90 bits per heavy atom. The number of halogens is 1. The molecule has 0 fully saturated rings. The second-order valence-corrected chi connectivity index (χ2v) is 6.08. The summed E-state index contributed by atoms with van der Waals surface area (Å²) in [7, 11) is 0. The number of benzene rings is 2. The molecule has 108 valence electrons. The van der Waals surface area contributed by atoms with Gasteiger partial charge in [-0.2, -0.15) is 0 Å². The molecule has 0 atom stereocenters. The summed E-state index contributed by atoms with van der Waals surface area (Å²) < 4.78 is 2.18. The zero-order valence-corrected chi connectivity index (χ0v) is 13.1. The maximum atomic E-state index is 6.19. The van der Waals surface area contributed by atoms with Crippen molar-refractivity contribution in [1.82, 2.24) is 9.55 Å². The van der Waals surface area contributed by atoms with Gasteiger partial charge in [0.05, 0.1) is 16.7 Å². The fraction of sp³-hybridized carbons (Fsp3) is 0.235. The summed E-state index contributed by atoms with van der Waals surface area (Å²) in [6.07, 6.45) is 0. The first-order valence-electron chi connectivity index (χ1n) is 7.02. The molecule has 0 saturated carbocycles. The number of hydrogen-bond donors (Lipinski definition) is 1. The number of nitrogens with zero attached hydrogens (tertiary/aromatic N) is 2. The Balaban J connectivity index is 2.39. The number of rotatable bonds is 2. The average molecular weight is 300 g/mol. The highest BCUT2D eigenvalue weighted by Crippen LogP contribution is 2.30. The van der Waals surface area contributed by atoms with E-state index >= 15 is 0 Å². The molecule has 2 aromatic carbocycles. The second-order valence-electron chi connectivity index (χ2n) is 5.64. The van der Waals surface area contributed by atoms with Gasteiger partial charge in [-0.25, -0.2) is 4.98 Å². The van der Waals surface area contributed by atoms with Crippen LogP contribution in [0.4, 0.5) is 5.69 Å². The van der Waals surface area contributed by atoms with Gasteiger partial charge in [-0.1, -0.05) is 31.5 Å². The fourth-order valence-electron chi connectivity index (χ4n) is 2.58. The van der Waals surface area contributed by atoms with Crippen LogP contribution in [0.15, 0.2) is 36.4 Å². The van der Waals surface area contributed by atoms with Gasteiger partial charge in [0.25, 0.3) is 0 Å². The molecule has 0 bridgehead atoms. The van der Waals surface area contributed by atoms with Crippen molar-refractivity contribution in [2.24, 2.45) is 0 Å².